The smallest absolute Gasteiger partial charge is 0.238 e. The van der Waals surface area contributed by atoms with E-state index < -0.39 is 5.92 Å². The van der Waals surface area contributed by atoms with E-state index in [4.69, 9.17) is 4.99 Å². The van der Waals surface area contributed by atoms with Crippen molar-refractivity contribution in [3.63, 3.8) is 0 Å². The van der Waals surface area contributed by atoms with Crippen LogP contribution in [0.15, 0.2) is 83.9 Å². The number of carbonyl (C=O) groups excluding carboxylic acids is 1. The van der Waals surface area contributed by atoms with Crippen LogP contribution in [-0.2, 0) is 4.79 Å². The molecule has 1 atom stereocenters. The van der Waals surface area contributed by atoms with Crippen LogP contribution >= 0.6 is 0 Å². The lowest BCUT2D eigenvalue weighted by Gasteiger charge is -2.14. The fourth-order valence-electron chi connectivity index (χ4n) is 3.60. The summed E-state index contributed by atoms with van der Waals surface area (Å²) < 4.78 is 0. The summed E-state index contributed by atoms with van der Waals surface area (Å²) in [6.07, 6.45) is 0. The largest absolute Gasteiger partial charge is 0.384 e. The van der Waals surface area contributed by atoms with Crippen LogP contribution in [-0.4, -0.2) is 43.7 Å². The van der Waals surface area contributed by atoms with Crippen molar-refractivity contribution in [1.82, 2.24) is 4.90 Å². The molecule has 0 aliphatic carbocycles. The maximum atomic E-state index is 12.9. The van der Waals surface area contributed by atoms with Crippen molar-refractivity contribution in [3.8, 4) is 0 Å². The summed E-state index contributed by atoms with van der Waals surface area (Å²) in [4.78, 5) is 19.9. The number of para-hydroxylation sites is 1. The fraction of sp³-hybridized carbons (Fsp3) is 0.200. The van der Waals surface area contributed by atoms with E-state index in [1.807, 2.05) is 78.9 Å². The Morgan fingerprint density at radius 3 is 2.40 bits per heavy atom. The number of carbonyl (C=O) groups is 1. The van der Waals surface area contributed by atoms with Gasteiger partial charge in [0.05, 0.1) is 11.4 Å². The molecule has 0 fully saturated rings. The van der Waals surface area contributed by atoms with Gasteiger partial charge in [-0.3, -0.25) is 9.79 Å². The van der Waals surface area contributed by atoms with Gasteiger partial charge in [-0.2, -0.15) is 0 Å². The van der Waals surface area contributed by atoms with Gasteiger partial charge in [-0.1, -0.05) is 48.5 Å². The second kappa shape index (κ2) is 8.93. The van der Waals surface area contributed by atoms with Gasteiger partial charge in [0.25, 0.3) is 0 Å². The third-order valence-corrected chi connectivity index (χ3v) is 5.14. The Hall–Kier alpha value is -3.44. The zero-order valence-corrected chi connectivity index (χ0v) is 17.3. The number of amides is 1. The molecule has 3 aromatic rings. The molecule has 0 saturated carbocycles. The molecule has 2 N–H and O–H groups in total. The molecule has 0 aromatic heterocycles. The lowest BCUT2D eigenvalue weighted by Crippen LogP contribution is -2.22. The maximum Gasteiger partial charge on any atom is 0.238 e. The third-order valence-electron chi connectivity index (χ3n) is 5.14. The van der Waals surface area contributed by atoms with Gasteiger partial charge < -0.3 is 15.5 Å². The highest BCUT2D eigenvalue weighted by Gasteiger charge is 2.35. The van der Waals surface area contributed by atoms with Gasteiger partial charge in [-0.25, -0.2) is 0 Å². The summed E-state index contributed by atoms with van der Waals surface area (Å²) in [6.45, 7) is 1.85. The van der Waals surface area contributed by atoms with Gasteiger partial charge in [0.15, 0.2) is 0 Å². The van der Waals surface area contributed by atoms with Crippen LogP contribution in [0.3, 0.4) is 0 Å². The van der Waals surface area contributed by atoms with Crippen molar-refractivity contribution in [1.29, 1.82) is 0 Å². The summed E-state index contributed by atoms with van der Waals surface area (Å²) in [5, 5.41) is 6.40. The summed E-state index contributed by atoms with van der Waals surface area (Å²) in [5.74, 6) is -0.470. The van der Waals surface area contributed by atoms with Gasteiger partial charge in [0.2, 0.25) is 5.91 Å². The van der Waals surface area contributed by atoms with E-state index in [-0.39, 0.29) is 5.91 Å². The van der Waals surface area contributed by atoms with Crippen molar-refractivity contribution in [2.24, 2.45) is 4.99 Å². The van der Waals surface area contributed by atoms with Crippen LogP contribution in [0.2, 0.25) is 0 Å². The molecule has 5 heteroatoms. The molecule has 152 valence electrons. The first kappa shape index (κ1) is 19.9. The molecular weight excluding hydrogens is 372 g/mol. The normalized spacial score (nSPS) is 15.8. The highest BCUT2D eigenvalue weighted by atomic mass is 16.2. The zero-order valence-electron chi connectivity index (χ0n) is 17.3. The number of fused-ring (bicyclic) bond motifs is 1. The third kappa shape index (κ3) is 4.42. The topological polar surface area (TPSA) is 56.7 Å². The van der Waals surface area contributed by atoms with E-state index >= 15 is 0 Å². The van der Waals surface area contributed by atoms with Crippen LogP contribution in [0.25, 0.3) is 0 Å². The summed E-state index contributed by atoms with van der Waals surface area (Å²) in [5.41, 5.74) is 5.41. The Morgan fingerprint density at radius 1 is 0.967 bits per heavy atom. The number of likely N-dealkylation sites (N-methyl/N-ethyl adjacent to an activating group) is 1. The molecule has 0 spiro atoms. The Morgan fingerprint density at radius 2 is 1.67 bits per heavy atom. The number of hydrogen-bond donors (Lipinski definition) is 2. The summed E-state index contributed by atoms with van der Waals surface area (Å²) >= 11 is 0. The molecule has 0 radical (unpaired) electrons. The highest BCUT2D eigenvalue weighted by Crippen LogP contribution is 2.36. The monoisotopic (exact) mass is 398 g/mol. The molecule has 1 heterocycles. The van der Waals surface area contributed by atoms with E-state index in [0.717, 1.165) is 47.0 Å². The predicted octanol–water partition coefficient (Wildman–Crippen LogP) is 4.52. The summed E-state index contributed by atoms with van der Waals surface area (Å²) in [6, 6.07) is 25.8. The molecule has 30 heavy (non-hydrogen) atoms. The second-order valence-corrected chi connectivity index (χ2v) is 7.65. The first-order valence-electron chi connectivity index (χ1n) is 10.1. The predicted molar refractivity (Wildman–Crippen MR) is 124 cm³/mol. The Bertz CT molecular complexity index is 1040. The number of benzene rings is 3. The maximum absolute atomic E-state index is 12.9. The summed E-state index contributed by atoms with van der Waals surface area (Å²) in [7, 11) is 4.11. The molecule has 1 aliphatic rings. The SMILES string of the molecule is CN(C)CCNc1ccc(N=C(c2ccccc2)C2C(=O)Nc3ccccc32)cc1. The number of anilines is 2. The number of aliphatic imine (C=N–C) groups is 1. The van der Waals surface area contributed by atoms with E-state index in [0.29, 0.717) is 0 Å². The van der Waals surface area contributed by atoms with Crippen LogP contribution in [0.4, 0.5) is 17.1 Å². The zero-order chi connectivity index (χ0) is 20.9. The van der Waals surface area contributed by atoms with Gasteiger partial charge in [-0.15, -0.1) is 0 Å². The fourth-order valence-corrected chi connectivity index (χ4v) is 3.60. The molecule has 0 saturated heterocycles. The van der Waals surface area contributed by atoms with Gasteiger partial charge in [0.1, 0.15) is 5.92 Å². The van der Waals surface area contributed by atoms with Crippen molar-refractivity contribution in [3.05, 3.63) is 90.0 Å². The first-order chi connectivity index (χ1) is 14.6. The van der Waals surface area contributed by atoms with E-state index in [9.17, 15) is 4.79 Å². The van der Waals surface area contributed by atoms with Gasteiger partial charge in [0, 0.05) is 24.5 Å². The number of hydrogen-bond acceptors (Lipinski definition) is 4. The first-order valence-corrected chi connectivity index (χ1v) is 10.1. The average Bonchev–Trinajstić information content (AvgIpc) is 3.09. The Labute approximate surface area is 177 Å². The van der Waals surface area contributed by atoms with Crippen molar-refractivity contribution in [2.45, 2.75) is 5.92 Å². The van der Waals surface area contributed by atoms with Crippen LogP contribution in [0, 0.1) is 0 Å². The Kier molecular flexibility index (Phi) is 5.91. The van der Waals surface area contributed by atoms with E-state index in [1.54, 1.807) is 0 Å². The van der Waals surface area contributed by atoms with Crippen molar-refractivity contribution >= 4 is 28.7 Å². The minimum Gasteiger partial charge on any atom is -0.384 e. The standard InChI is InChI=1S/C25H26N4O/c1-29(2)17-16-26-19-12-14-20(15-13-19)27-24(18-8-4-3-5-9-18)23-21-10-6-7-11-22(21)28-25(23)30/h3-15,23,26H,16-17H2,1-2H3,(H,28,30). The van der Waals surface area contributed by atoms with Gasteiger partial charge in [-0.05, 0) is 55.6 Å². The molecule has 1 unspecified atom stereocenters. The van der Waals surface area contributed by atoms with Crippen LogP contribution < -0.4 is 10.6 Å². The molecule has 5 nitrogen and oxygen atoms in total. The van der Waals surface area contributed by atoms with Crippen LogP contribution in [0.1, 0.15) is 17.0 Å². The van der Waals surface area contributed by atoms with Gasteiger partial charge >= 0.3 is 0 Å². The molecule has 4 rings (SSSR count). The van der Waals surface area contributed by atoms with E-state index in [2.05, 4.69) is 29.6 Å². The number of nitrogens with zero attached hydrogens (tertiary/aromatic N) is 2. The second-order valence-electron chi connectivity index (χ2n) is 7.65. The van der Waals surface area contributed by atoms with E-state index in [1.165, 1.54) is 0 Å². The minimum absolute atomic E-state index is 0.0409. The molecule has 1 aliphatic heterocycles. The highest BCUT2D eigenvalue weighted by molar-refractivity contribution is 6.24. The lowest BCUT2D eigenvalue weighted by molar-refractivity contribution is -0.115. The molecule has 0 bridgehead atoms. The number of nitrogens with one attached hydrogen (secondary N) is 2. The lowest BCUT2D eigenvalue weighted by atomic mass is 9.90. The van der Waals surface area contributed by atoms with Crippen LogP contribution in [0.5, 0.6) is 0 Å². The molecular formula is C25H26N4O. The minimum atomic E-state index is -0.429. The Balaban J connectivity index is 1.66. The molecule has 3 aromatic carbocycles. The number of rotatable bonds is 7. The average molecular weight is 399 g/mol. The van der Waals surface area contributed by atoms with Crippen molar-refractivity contribution < 1.29 is 4.79 Å². The molecule has 1 amide bonds. The van der Waals surface area contributed by atoms with Crippen molar-refractivity contribution in [2.75, 3.05) is 37.8 Å². The quantitative estimate of drug-likeness (QED) is 0.576.